The van der Waals surface area contributed by atoms with Crippen LogP contribution in [-0.4, -0.2) is 24.4 Å². The van der Waals surface area contributed by atoms with Crippen molar-refractivity contribution < 1.29 is 14.6 Å². The Bertz CT molecular complexity index is 706. The highest BCUT2D eigenvalue weighted by atomic mass is 35.5. The lowest BCUT2D eigenvalue weighted by molar-refractivity contribution is 0.187. The lowest BCUT2D eigenvalue weighted by Crippen LogP contribution is -2.42. The van der Waals surface area contributed by atoms with Crippen molar-refractivity contribution in [3.8, 4) is 11.5 Å². The summed E-state index contributed by atoms with van der Waals surface area (Å²) < 4.78 is 11.3. The first-order valence-electron chi connectivity index (χ1n) is 7.94. The molecule has 7 heteroatoms. The molecule has 0 aromatic heterocycles. The fraction of sp³-hybridized carbons (Fsp3) is 0.368. The highest BCUT2D eigenvalue weighted by Crippen LogP contribution is 2.37. The van der Waals surface area contributed by atoms with Gasteiger partial charge in [0.05, 0.1) is 18.7 Å². The number of methoxy groups -OCH3 is 1. The zero-order chi connectivity index (χ0) is 18.4. The van der Waals surface area contributed by atoms with E-state index in [2.05, 4.69) is 5.32 Å². The first-order valence-corrected chi connectivity index (χ1v) is 8.70. The number of benzene rings is 2. The minimum Gasteiger partial charge on any atom is -0.493 e. The van der Waals surface area contributed by atoms with Gasteiger partial charge in [-0.15, -0.1) is 12.4 Å². The number of rotatable bonds is 8. The molecule has 2 aromatic rings. The number of hydrogen-bond acceptors (Lipinski definition) is 4. The Hall–Kier alpha value is -1.17. The third kappa shape index (κ3) is 6.53. The van der Waals surface area contributed by atoms with Crippen LogP contribution in [0.25, 0.3) is 0 Å². The first-order chi connectivity index (χ1) is 11.8. The molecular weight excluding hydrogens is 397 g/mol. The third-order valence-corrected chi connectivity index (χ3v) is 4.28. The Morgan fingerprint density at radius 1 is 1.08 bits per heavy atom. The molecule has 0 aliphatic heterocycles. The molecule has 0 spiro atoms. The van der Waals surface area contributed by atoms with Gasteiger partial charge in [0, 0.05) is 17.1 Å². The highest BCUT2D eigenvalue weighted by molar-refractivity contribution is 6.32. The van der Waals surface area contributed by atoms with Crippen LogP contribution in [0.5, 0.6) is 11.5 Å². The van der Waals surface area contributed by atoms with Gasteiger partial charge in [-0.1, -0.05) is 35.3 Å². The van der Waals surface area contributed by atoms with Crippen LogP contribution in [0.4, 0.5) is 0 Å². The van der Waals surface area contributed by atoms with Crippen molar-refractivity contribution in [1.82, 2.24) is 5.32 Å². The van der Waals surface area contributed by atoms with Crippen molar-refractivity contribution in [2.75, 3.05) is 13.7 Å². The molecule has 0 aliphatic rings. The van der Waals surface area contributed by atoms with Gasteiger partial charge in [-0.3, -0.25) is 0 Å². The van der Waals surface area contributed by atoms with E-state index in [1.54, 1.807) is 7.11 Å². The molecule has 0 unspecified atom stereocenters. The van der Waals surface area contributed by atoms with Gasteiger partial charge in [0.15, 0.2) is 11.5 Å². The Balaban J connectivity index is 0.00000338. The molecule has 4 nitrogen and oxygen atoms in total. The molecule has 0 heterocycles. The zero-order valence-corrected chi connectivity index (χ0v) is 17.3. The third-order valence-electron chi connectivity index (χ3n) is 3.75. The Kier molecular flexibility index (Phi) is 9.01. The average Bonchev–Trinajstić information content (AvgIpc) is 2.60. The lowest BCUT2D eigenvalue weighted by Gasteiger charge is -2.24. The number of aliphatic hydroxyl groups is 1. The second-order valence-electron chi connectivity index (χ2n) is 6.42. The molecular formula is C19H24Cl3NO3. The van der Waals surface area contributed by atoms with Crippen molar-refractivity contribution >= 4 is 35.6 Å². The van der Waals surface area contributed by atoms with Crippen LogP contribution in [0.2, 0.25) is 10.0 Å². The monoisotopic (exact) mass is 419 g/mol. The number of aliphatic hydroxyl groups excluding tert-OH is 1. The van der Waals surface area contributed by atoms with Crippen LogP contribution >= 0.6 is 35.6 Å². The summed E-state index contributed by atoms with van der Waals surface area (Å²) in [6, 6.07) is 11.1. The summed E-state index contributed by atoms with van der Waals surface area (Å²) in [4.78, 5) is 0. The van der Waals surface area contributed by atoms with Gasteiger partial charge in [0.1, 0.15) is 6.61 Å². The van der Waals surface area contributed by atoms with Gasteiger partial charge in [-0.05, 0) is 49.2 Å². The topological polar surface area (TPSA) is 50.7 Å². The van der Waals surface area contributed by atoms with Crippen molar-refractivity contribution in [3.63, 3.8) is 0 Å². The van der Waals surface area contributed by atoms with Gasteiger partial charge < -0.3 is 19.9 Å². The summed E-state index contributed by atoms with van der Waals surface area (Å²) >= 11 is 12.3. The van der Waals surface area contributed by atoms with Gasteiger partial charge in [-0.2, -0.15) is 0 Å². The molecule has 0 fully saturated rings. The molecule has 0 aliphatic carbocycles. The van der Waals surface area contributed by atoms with E-state index in [0.29, 0.717) is 34.7 Å². The quantitative estimate of drug-likeness (QED) is 0.640. The molecule has 0 saturated carbocycles. The Morgan fingerprint density at radius 2 is 1.73 bits per heavy atom. The standard InChI is InChI=1S/C19H23Cl2NO3.ClH/c1-19(2,12-23)22-10-14-8-16(21)18(17(9-14)24-3)25-11-13-4-6-15(20)7-5-13;/h4-9,22-23H,10-12H2,1-3H3;1H. The molecule has 26 heavy (non-hydrogen) atoms. The maximum atomic E-state index is 9.33. The maximum Gasteiger partial charge on any atom is 0.180 e. The van der Waals surface area contributed by atoms with Crippen molar-refractivity contribution in [3.05, 3.63) is 57.6 Å². The van der Waals surface area contributed by atoms with Crippen LogP contribution < -0.4 is 14.8 Å². The molecule has 0 bridgehead atoms. The van der Waals surface area contributed by atoms with Crippen molar-refractivity contribution in [2.24, 2.45) is 0 Å². The normalized spacial score (nSPS) is 11.0. The van der Waals surface area contributed by atoms with Gasteiger partial charge in [0.2, 0.25) is 0 Å². The SMILES string of the molecule is COc1cc(CNC(C)(C)CO)cc(Cl)c1OCc1ccc(Cl)cc1.Cl. The van der Waals surface area contributed by atoms with E-state index in [9.17, 15) is 5.11 Å². The smallest absolute Gasteiger partial charge is 0.180 e. The van der Waals surface area contributed by atoms with Crippen LogP contribution in [0.15, 0.2) is 36.4 Å². The van der Waals surface area contributed by atoms with Crippen LogP contribution in [0, 0.1) is 0 Å². The van der Waals surface area contributed by atoms with Crippen molar-refractivity contribution in [1.29, 1.82) is 0 Å². The first kappa shape index (κ1) is 22.9. The summed E-state index contributed by atoms with van der Waals surface area (Å²) in [5.41, 5.74) is 1.56. The van der Waals surface area contributed by atoms with E-state index in [0.717, 1.165) is 11.1 Å². The van der Waals surface area contributed by atoms with Gasteiger partial charge in [-0.25, -0.2) is 0 Å². The van der Waals surface area contributed by atoms with Crippen LogP contribution in [0.3, 0.4) is 0 Å². The minimum absolute atomic E-state index is 0. The fourth-order valence-corrected chi connectivity index (χ4v) is 2.56. The zero-order valence-electron chi connectivity index (χ0n) is 15.0. The summed E-state index contributed by atoms with van der Waals surface area (Å²) in [5.74, 6) is 1.07. The highest BCUT2D eigenvalue weighted by Gasteiger charge is 2.17. The molecule has 2 aromatic carbocycles. The number of nitrogens with one attached hydrogen (secondary N) is 1. The van der Waals surface area contributed by atoms with E-state index in [-0.39, 0.29) is 24.6 Å². The molecule has 144 valence electrons. The fourth-order valence-electron chi connectivity index (χ4n) is 2.15. The second kappa shape index (κ2) is 10.2. The minimum atomic E-state index is -0.372. The number of ether oxygens (including phenoxy) is 2. The predicted molar refractivity (Wildman–Crippen MR) is 109 cm³/mol. The Labute approximate surface area is 170 Å². The summed E-state index contributed by atoms with van der Waals surface area (Å²) in [7, 11) is 1.58. The average molecular weight is 421 g/mol. The molecule has 0 amide bonds. The van der Waals surface area contributed by atoms with E-state index < -0.39 is 0 Å². The van der Waals surface area contributed by atoms with Crippen LogP contribution in [0.1, 0.15) is 25.0 Å². The number of halogens is 3. The summed E-state index contributed by atoms with van der Waals surface area (Å²) in [6.07, 6.45) is 0. The van der Waals surface area contributed by atoms with E-state index in [4.69, 9.17) is 32.7 Å². The van der Waals surface area contributed by atoms with E-state index in [1.807, 2.05) is 50.2 Å². The lowest BCUT2D eigenvalue weighted by atomic mass is 10.1. The predicted octanol–water partition coefficient (Wildman–Crippen LogP) is 4.86. The summed E-state index contributed by atoms with van der Waals surface area (Å²) in [5, 5.41) is 13.8. The molecule has 2 rings (SSSR count). The summed E-state index contributed by atoms with van der Waals surface area (Å²) in [6.45, 7) is 4.81. The maximum absolute atomic E-state index is 9.33. The van der Waals surface area contributed by atoms with Crippen LogP contribution in [-0.2, 0) is 13.2 Å². The van der Waals surface area contributed by atoms with E-state index in [1.165, 1.54) is 0 Å². The Morgan fingerprint density at radius 3 is 2.31 bits per heavy atom. The molecule has 0 atom stereocenters. The van der Waals surface area contributed by atoms with Crippen molar-refractivity contribution in [2.45, 2.75) is 32.5 Å². The molecule has 0 saturated heterocycles. The largest absolute Gasteiger partial charge is 0.493 e. The van der Waals surface area contributed by atoms with Gasteiger partial charge >= 0.3 is 0 Å². The van der Waals surface area contributed by atoms with E-state index >= 15 is 0 Å². The second-order valence-corrected chi connectivity index (χ2v) is 7.26. The molecule has 0 radical (unpaired) electrons. The van der Waals surface area contributed by atoms with Gasteiger partial charge in [0.25, 0.3) is 0 Å². The number of hydrogen-bond donors (Lipinski definition) is 2. The molecule has 2 N–H and O–H groups in total.